The number of hydrogen-bond donors (Lipinski definition) is 0. The molecule has 0 spiro atoms. The molecule has 5 heteroatoms. The summed E-state index contributed by atoms with van der Waals surface area (Å²) < 4.78 is 0. The molecular weight excluding hydrogens is 224 g/mol. The molecule has 0 unspecified atom stereocenters. The molecule has 1 aromatic carbocycles. The van der Waals surface area contributed by atoms with E-state index in [-0.39, 0.29) is 66.7 Å². The molecule has 0 radical (unpaired) electrons. The summed E-state index contributed by atoms with van der Waals surface area (Å²) in [5, 5.41) is 2.27. The largest absolute Gasteiger partial charge is 2.00 e. The van der Waals surface area contributed by atoms with E-state index in [2.05, 4.69) is 11.2 Å². The summed E-state index contributed by atoms with van der Waals surface area (Å²) in [7, 11) is 0. The number of rotatable bonds is 0. The van der Waals surface area contributed by atoms with Crippen LogP contribution in [0.3, 0.4) is 0 Å². The molecule has 0 saturated heterocycles. The molecule has 0 N–H and O–H groups in total. The van der Waals surface area contributed by atoms with E-state index >= 15 is 0 Å². The molecule has 0 aliphatic carbocycles. The average molecular weight is 230 g/mol. The van der Waals surface area contributed by atoms with Gasteiger partial charge >= 0.3 is 41.9 Å². The predicted molar refractivity (Wildman–Crippen MR) is 46.3 cm³/mol. The van der Waals surface area contributed by atoms with Crippen LogP contribution in [0.5, 0.6) is 0 Å². The van der Waals surface area contributed by atoms with Crippen molar-refractivity contribution in [1.82, 2.24) is 4.98 Å². The second-order valence-corrected chi connectivity index (χ2v) is 2.14. The van der Waals surface area contributed by atoms with Crippen LogP contribution >= 0.6 is 0 Å². The predicted octanol–water partition coefficient (Wildman–Crippen LogP) is -7.33. The van der Waals surface area contributed by atoms with Gasteiger partial charge in [-0.15, -0.1) is 29.0 Å². The van der Waals surface area contributed by atoms with E-state index in [9.17, 15) is 0 Å². The van der Waals surface area contributed by atoms with Crippen molar-refractivity contribution < 1.29 is 43.7 Å². The van der Waals surface area contributed by atoms with Gasteiger partial charge in [-0.2, -0.15) is 0 Å². The van der Waals surface area contributed by atoms with Gasteiger partial charge in [0, 0.05) is 0 Å². The molecule has 1 aromatic heterocycles. The maximum Gasteiger partial charge on any atom is 2.00 e. The van der Waals surface area contributed by atoms with Crippen molar-refractivity contribution in [3.05, 3.63) is 42.7 Å². The van der Waals surface area contributed by atoms with Crippen LogP contribution in [0.4, 0.5) is 0 Å². The smallest absolute Gasteiger partial charge is 1.00 e. The first-order valence-corrected chi connectivity index (χ1v) is 3.18. The van der Waals surface area contributed by atoms with Gasteiger partial charge < -0.3 is 29.8 Å². The summed E-state index contributed by atoms with van der Waals surface area (Å²) >= 11 is 0. The van der Waals surface area contributed by atoms with E-state index in [1.807, 2.05) is 30.3 Å². The van der Waals surface area contributed by atoms with Crippen molar-refractivity contribution in [2.24, 2.45) is 0 Å². The van der Waals surface area contributed by atoms with Crippen LogP contribution in [0.25, 0.3) is 10.8 Å². The standard InChI is InChI=1S/C9H6N.2ClH.Li.Mg/c1-2-4-9-7-10-6-5-8(9)3-1;;;;/h1-6H;2*1H;;/q-1;;;+1;+2/p-2. The van der Waals surface area contributed by atoms with Gasteiger partial charge in [-0.05, 0) is 6.20 Å². The zero-order chi connectivity index (χ0) is 6.81. The van der Waals surface area contributed by atoms with E-state index < -0.39 is 0 Å². The van der Waals surface area contributed by atoms with Gasteiger partial charge in [0.2, 0.25) is 0 Å². The topological polar surface area (TPSA) is 12.9 Å². The van der Waals surface area contributed by atoms with Gasteiger partial charge in [-0.3, -0.25) is 0 Å². The molecule has 2 aromatic rings. The Balaban J connectivity index is -0.000000302. The average Bonchev–Trinajstić information content (AvgIpc) is 2.05. The number of aromatic nitrogens is 1. The van der Waals surface area contributed by atoms with E-state index in [1.54, 1.807) is 6.20 Å². The fourth-order valence-corrected chi connectivity index (χ4v) is 0.969. The molecule has 0 aliphatic rings. The molecule has 14 heavy (non-hydrogen) atoms. The Morgan fingerprint density at radius 3 is 2.29 bits per heavy atom. The zero-order valence-electron chi connectivity index (χ0n) is 7.87. The maximum atomic E-state index is 3.89. The van der Waals surface area contributed by atoms with Crippen LogP contribution in [0.1, 0.15) is 0 Å². The van der Waals surface area contributed by atoms with Gasteiger partial charge in [0.15, 0.2) is 0 Å². The Kier molecular flexibility index (Phi) is 14.5. The number of hydrogen-bond acceptors (Lipinski definition) is 1. The fraction of sp³-hybridized carbons (Fsp3) is 0. The molecule has 2 rings (SSSR count). The van der Waals surface area contributed by atoms with Crippen LogP contribution in [0.2, 0.25) is 0 Å². The molecule has 0 atom stereocenters. The second-order valence-electron chi connectivity index (χ2n) is 2.14. The summed E-state index contributed by atoms with van der Waals surface area (Å²) in [6, 6.07) is 10.0. The molecule has 0 amide bonds. The van der Waals surface area contributed by atoms with Crippen molar-refractivity contribution in [2.45, 2.75) is 0 Å². The molecule has 1 nitrogen and oxygen atoms in total. The zero-order valence-corrected chi connectivity index (χ0v) is 10.8. The van der Waals surface area contributed by atoms with Crippen molar-refractivity contribution in [2.75, 3.05) is 0 Å². The third-order valence-corrected chi connectivity index (χ3v) is 1.47. The van der Waals surface area contributed by atoms with Gasteiger partial charge in [-0.1, -0.05) is 18.3 Å². The first kappa shape index (κ1) is 20.0. The van der Waals surface area contributed by atoms with Gasteiger partial charge in [0.05, 0.1) is 0 Å². The van der Waals surface area contributed by atoms with Crippen molar-refractivity contribution in [3.8, 4) is 0 Å². The molecule has 0 fully saturated rings. The van der Waals surface area contributed by atoms with Crippen molar-refractivity contribution in [1.29, 1.82) is 0 Å². The molecule has 0 saturated carbocycles. The summed E-state index contributed by atoms with van der Waals surface area (Å²) in [6.07, 6.45) is 4.65. The minimum Gasteiger partial charge on any atom is -1.00 e. The minimum absolute atomic E-state index is 0. The fourth-order valence-electron chi connectivity index (χ4n) is 0.969. The van der Waals surface area contributed by atoms with Crippen LogP contribution in [0, 0.1) is 6.20 Å². The first-order valence-electron chi connectivity index (χ1n) is 3.18. The number of fused-ring (bicyclic) bond motifs is 1. The quantitative estimate of drug-likeness (QED) is 0.324. The van der Waals surface area contributed by atoms with Gasteiger partial charge in [-0.25, -0.2) is 0 Å². The van der Waals surface area contributed by atoms with Crippen LogP contribution < -0.4 is 43.7 Å². The normalized spacial score (nSPS) is 7.14. The number of nitrogens with zero attached hydrogens (tertiary/aromatic N) is 1. The Bertz CT molecular complexity index is 294. The second kappa shape index (κ2) is 10.1. The molecule has 1 heterocycles. The third kappa shape index (κ3) is 4.88. The number of pyridine rings is 1. The molecule has 0 aliphatic heterocycles. The van der Waals surface area contributed by atoms with E-state index in [1.165, 1.54) is 5.39 Å². The van der Waals surface area contributed by atoms with E-state index in [0.29, 0.717) is 0 Å². The van der Waals surface area contributed by atoms with Crippen molar-refractivity contribution in [3.63, 3.8) is 0 Å². The Morgan fingerprint density at radius 2 is 1.64 bits per heavy atom. The van der Waals surface area contributed by atoms with Crippen LogP contribution in [-0.4, -0.2) is 28.0 Å². The van der Waals surface area contributed by atoms with E-state index in [4.69, 9.17) is 0 Å². The van der Waals surface area contributed by atoms with E-state index in [0.717, 1.165) is 5.39 Å². The Hall–Kier alpha value is 0.574. The van der Waals surface area contributed by atoms with Gasteiger partial charge in [0.1, 0.15) is 0 Å². The van der Waals surface area contributed by atoms with Gasteiger partial charge in [0.25, 0.3) is 0 Å². The summed E-state index contributed by atoms with van der Waals surface area (Å²) in [5.41, 5.74) is 0. The SMILES string of the molecule is [Cl-].[Cl-].[Li+].[Mg+2].[c-]1nccc2ccccc12. The first-order chi connectivity index (χ1) is 4.97. The van der Waals surface area contributed by atoms with Crippen LogP contribution in [-0.2, 0) is 0 Å². The Labute approximate surface area is 124 Å². The monoisotopic (exact) mass is 229 g/mol. The Morgan fingerprint density at radius 1 is 1.00 bits per heavy atom. The van der Waals surface area contributed by atoms with Crippen LogP contribution in [0.15, 0.2) is 36.5 Å². The number of halogens is 2. The summed E-state index contributed by atoms with van der Waals surface area (Å²) in [5.74, 6) is 0. The molecular formula is C9H6Cl2LiMgN. The minimum atomic E-state index is 0. The maximum absolute atomic E-state index is 3.89. The summed E-state index contributed by atoms with van der Waals surface area (Å²) in [6.45, 7) is 0. The molecule has 64 valence electrons. The number of benzene rings is 1. The molecule has 0 bridgehead atoms. The van der Waals surface area contributed by atoms with Crippen molar-refractivity contribution >= 4 is 33.8 Å². The summed E-state index contributed by atoms with van der Waals surface area (Å²) in [4.78, 5) is 3.89. The third-order valence-electron chi connectivity index (χ3n) is 1.47.